The lowest BCUT2D eigenvalue weighted by Gasteiger charge is -2.28. The minimum absolute atomic E-state index is 0.0834. The Bertz CT molecular complexity index is 894. The summed E-state index contributed by atoms with van der Waals surface area (Å²) in [6.45, 7) is 0. The summed E-state index contributed by atoms with van der Waals surface area (Å²) in [4.78, 5) is 24.1. The van der Waals surface area contributed by atoms with Crippen LogP contribution < -0.4 is 10.1 Å². The Kier molecular flexibility index (Phi) is 2.79. The van der Waals surface area contributed by atoms with E-state index in [1.54, 1.807) is 12.1 Å². The normalized spacial score (nSPS) is 26.2. The molecule has 0 saturated carbocycles. The van der Waals surface area contributed by atoms with Gasteiger partial charge in [0.1, 0.15) is 5.75 Å². The number of carbonyl (C=O) groups is 2. The van der Waals surface area contributed by atoms with Crippen LogP contribution in [0.5, 0.6) is 5.75 Å². The van der Waals surface area contributed by atoms with E-state index in [1.165, 1.54) is 37.4 Å². The zero-order valence-corrected chi connectivity index (χ0v) is 12.6. The monoisotopic (exact) mass is 327 g/mol. The van der Waals surface area contributed by atoms with Crippen molar-refractivity contribution in [2.45, 2.75) is 11.4 Å². The Labute approximate surface area is 136 Å². The second-order valence-corrected chi connectivity index (χ2v) is 5.66. The second kappa shape index (κ2) is 4.56. The van der Waals surface area contributed by atoms with Crippen LogP contribution in [0.1, 0.15) is 21.5 Å². The topological polar surface area (TPSA) is 105 Å². The fourth-order valence-corrected chi connectivity index (χ4v) is 3.26. The van der Waals surface area contributed by atoms with Crippen molar-refractivity contribution < 1.29 is 29.3 Å². The molecule has 1 heterocycles. The number of aliphatic hydroxyl groups is 2. The first kappa shape index (κ1) is 14.7. The van der Waals surface area contributed by atoms with Crippen LogP contribution in [-0.2, 0) is 16.1 Å². The fraction of sp³-hybridized carbons (Fsp3) is 0.176. The number of ether oxygens (including phenoxy) is 2. The van der Waals surface area contributed by atoms with Gasteiger partial charge in [-0.2, -0.15) is 0 Å². The summed E-state index contributed by atoms with van der Waals surface area (Å²) in [5, 5.41) is 24.5. The molecule has 2 aromatic rings. The zero-order valence-electron chi connectivity index (χ0n) is 12.6. The van der Waals surface area contributed by atoms with Gasteiger partial charge in [-0.05, 0) is 18.2 Å². The molecular weight excluding hydrogens is 314 g/mol. The second-order valence-electron chi connectivity index (χ2n) is 5.66. The fourth-order valence-electron chi connectivity index (χ4n) is 3.26. The average molecular weight is 327 g/mol. The molecule has 122 valence electrons. The van der Waals surface area contributed by atoms with Crippen molar-refractivity contribution in [3.8, 4) is 5.75 Å². The number of anilines is 1. The number of carbonyl (C=O) groups excluding carboxylic acids is 2. The summed E-state index contributed by atoms with van der Waals surface area (Å²) in [6.07, 6.45) is -0.697. The Morgan fingerprint density at radius 1 is 1.17 bits per heavy atom. The van der Waals surface area contributed by atoms with Gasteiger partial charge in [0.15, 0.2) is 0 Å². The first-order chi connectivity index (χ1) is 11.4. The van der Waals surface area contributed by atoms with Crippen LogP contribution in [0.25, 0.3) is 0 Å². The van der Waals surface area contributed by atoms with Gasteiger partial charge >= 0.3 is 6.09 Å². The SMILES string of the molecule is COC(=O)Nc1ccc2c(c1)C1(O)C(=O)c3ccccc3C1(O)O2. The molecule has 1 amide bonds. The smallest absolute Gasteiger partial charge is 0.411 e. The number of amides is 1. The van der Waals surface area contributed by atoms with E-state index in [9.17, 15) is 19.8 Å². The van der Waals surface area contributed by atoms with E-state index in [-0.39, 0.29) is 22.4 Å². The quantitative estimate of drug-likeness (QED) is 0.733. The van der Waals surface area contributed by atoms with Gasteiger partial charge in [-0.15, -0.1) is 0 Å². The number of benzene rings is 2. The van der Waals surface area contributed by atoms with Crippen LogP contribution >= 0.6 is 0 Å². The summed E-state index contributed by atoms with van der Waals surface area (Å²) in [6, 6.07) is 10.7. The van der Waals surface area contributed by atoms with Gasteiger partial charge in [-0.1, -0.05) is 24.3 Å². The van der Waals surface area contributed by atoms with Gasteiger partial charge in [0.25, 0.3) is 5.79 Å². The van der Waals surface area contributed by atoms with E-state index in [0.717, 1.165) is 0 Å². The third-order valence-electron chi connectivity index (χ3n) is 4.41. The van der Waals surface area contributed by atoms with Crippen LogP contribution in [-0.4, -0.2) is 29.2 Å². The lowest BCUT2D eigenvalue weighted by Crippen LogP contribution is -2.48. The molecule has 2 unspecified atom stereocenters. The predicted molar refractivity (Wildman–Crippen MR) is 81.7 cm³/mol. The summed E-state index contributed by atoms with van der Waals surface area (Å²) in [5.41, 5.74) is -1.50. The summed E-state index contributed by atoms with van der Waals surface area (Å²) < 4.78 is 10.1. The van der Waals surface area contributed by atoms with Gasteiger partial charge in [-0.25, -0.2) is 4.79 Å². The molecule has 24 heavy (non-hydrogen) atoms. The van der Waals surface area contributed by atoms with Crippen molar-refractivity contribution in [1.29, 1.82) is 0 Å². The third-order valence-corrected chi connectivity index (χ3v) is 4.41. The number of fused-ring (bicyclic) bond motifs is 5. The van der Waals surface area contributed by atoms with E-state index in [2.05, 4.69) is 10.1 Å². The molecule has 2 aliphatic rings. The van der Waals surface area contributed by atoms with E-state index >= 15 is 0 Å². The van der Waals surface area contributed by atoms with Crippen LogP contribution in [0.3, 0.4) is 0 Å². The molecular formula is C17H13NO6. The summed E-state index contributed by atoms with van der Waals surface area (Å²) in [5.74, 6) is -2.69. The van der Waals surface area contributed by atoms with E-state index < -0.39 is 23.3 Å². The maximum atomic E-state index is 12.8. The molecule has 0 aromatic heterocycles. The highest BCUT2D eigenvalue weighted by molar-refractivity contribution is 6.09. The molecule has 2 atom stereocenters. The highest BCUT2D eigenvalue weighted by Crippen LogP contribution is 2.58. The molecule has 2 aromatic carbocycles. The first-order valence-corrected chi connectivity index (χ1v) is 7.19. The number of hydrogen-bond acceptors (Lipinski definition) is 6. The number of ketones is 1. The van der Waals surface area contributed by atoms with Crippen LogP contribution in [0.4, 0.5) is 10.5 Å². The minimum atomic E-state index is -2.28. The molecule has 4 rings (SSSR count). The van der Waals surface area contributed by atoms with Gasteiger partial charge in [-0.3, -0.25) is 10.1 Å². The molecule has 0 spiro atoms. The van der Waals surface area contributed by atoms with Gasteiger partial charge in [0.05, 0.1) is 7.11 Å². The first-order valence-electron chi connectivity index (χ1n) is 7.19. The molecule has 0 bridgehead atoms. The average Bonchev–Trinajstić information content (AvgIpc) is 2.92. The Morgan fingerprint density at radius 3 is 2.67 bits per heavy atom. The van der Waals surface area contributed by atoms with Gasteiger partial charge in [0.2, 0.25) is 11.4 Å². The van der Waals surface area contributed by atoms with Crippen LogP contribution in [0.2, 0.25) is 0 Å². The van der Waals surface area contributed by atoms with Crippen molar-refractivity contribution in [2.75, 3.05) is 12.4 Å². The molecule has 1 aliphatic carbocycles. The highest BCUT2D eigenvalue weighted by Gasteiger charge is 2.70. The summed E-state index contributed by atoms with van der Waals surface area (Å²) >= 11 is 0. The molecule has 0 saturated heterocycles. The number of methoxy groups -OCH3 is 1. The third kappa shape index (κ3) is 1.57. The number of nitrogens with one attached hydrogen (secondary N) is 1. The van der Waals surface area contributed by atoms with Crippen molar-refractivity contribution in [2.24, 2.45) is 0 Å². The minimum Gasteiger partial charge on any atom is -0.454 e. The molecule has 3 N–H and O–H groups in total. The van der Waals surface area contributed by atoms with Gasteiger partial charge < -0.3 is 19.7 Å². The number of hydrogen-bond donors (Lipinski definition) is 3. The van der Waals surface area contributed by atoms with E-state index in [0.29, 0.717) is 5.69 Å². The highest BCUT2D eigenvalue weighted by atomic mass is 16.7. The van der Waals surface area contributed by atoms with Gasteiger partial charge in [0, 0.05) is 22.4 Å². The van der Waals surface area contributed by atoms with Crippen molar-refractivity contribution in [3.05, 3.63) is 59.2 Å². The Balaban J connectivity index is 1.87. The van der Waals surface area contributed by atoms with Crippen LogP contribution in [0, 0.1) is 0 Å². The standard InChI is InChI=1S/C17H13NO6/c1-23-15(20)18-9-6-7-13-12(8-9)16(21)14(19)10-4-2-3-5-11(10)17(16,22)24-13/h2-8,21-22H,1H3,(H,18,20). The largest absolute Gasteiger partial charge is 0.454 e. The van der Waals surface area contributed by atoms with Crippen molar-refractivity contribution in [1.82, 2.24) is 0 Å². The number of rotatable bonds is 1. The lowest BCUT2D eigenvalue weighted by atomic mass is 9.87. The molecule has 7 nitrogen and oxygen atoms in total. The van der Waals surface area contributed by atoms with E-state index in [1.807, 2.05) is 0 Å². The Morgan fingerprint density at radius 2 is 1.92 bits per heavy atom. The zero-order chi connectivity index (χ0) is 17.1. The Hall–Kier alpha value is -2.90. The predicted octanol–water partition coefficient (Wildman–Crippen LogP) is 1.49. The van der Waals surface area contributed by atoms with Crippen LogP contribution in [0.15, 0.2) is 42.5 Å². The van der Waals surface area contributed by atoms with Crippen molar-refractivity contribution >= 4 is 17.6 Å². The molecule has 1 aliphatic heterocycles. The molecule has 0 fully saturated rings. The maximum Gasteiger partial charge on any atom is 0.411 e. The lowest BCUT2D eigenvalue weighted by molar-refractivity contribution is -0.224. The maximum absolute atomic E-state index is 12.8. The summed E-state index contributed by atoms with van der Waals surface area (Å²) in [7, 11) is 1.22. The molecule has 0 radical (unpaired) electrons. The molecule has 7 heteroatoms. The number of Topliss-reactive ketones (excluding diaryl/α,β-unsaturated/α-hetero) is 1. The van der Waals surface area contributed by atoms with E-state index in [4.69, 9.17) is 4.74 Å². The van der Waals surface area contributed by atoms with Crippen molar-refractivity contribution in [3.63, 3.8) is 0 Å².